The van der Waals surface area contributed by atoms with Crippen LogP contribution in [0.2, 0.25) is 0 Å². The third kappa shape index (κ3) is 1.96. The summed E-state index contributed by atoms with van der Waals surface area (Å²) in [5.41, 5.74) is 2.86. The second-order valence-electron chi connectivity index (χ2n) is 7.40. The predicted octanol–water partition coefficient (Wildman–Crippen LogP) is 4.39. The summed E-state index contributed by atoms with van der Waals surface area (Å²) in [4.78, 5) is 6.13. The number of para-hydroxylation sites is 1. The quantitative estimate of drug-likeness (QED) is 0.884. The van der Waals surface area contributed by atoms with Crippen LogP contribution in [-0.4, -0.2) is 29.0 Å². The van der Waals surface area contributed by atoms with Gasteiger partial charge >= 0.3 is 0 Å². The number of H-pyrrole nitrogens is 1. The Hall–Kier alpha value is -1.28. The second-order valence-corrected chi connectivity index (χ2v) is 7.40. The molecule has 0 unspecified atom stereocenters. The zero-order valence-electron chi connectivity index (χ0n) is 13.3. The summed E-state index contributed by atoms with van der Waals surface area (Å²) < 4.78 is 0. The molecule has 0 saturated heterocycles. The Bertz CT molecular complexity index is 642. The molecule has 2 aromatic rings. The minimum absolute atomic E-state index is 0.627. The maximum absolute atomic E-state index is 3.49. The first-order chi connectivity index (χ1) is 10.2. The molecule has 1 N–H and O–H groups in total. The molecule has 0 radical (unpaired) electrons. The molecule has 0 aliphatic heterocycles. The van der Waals surface area contributed by atoms with E-state index in [0.29, 0.717) is 12.0 Å². The predicted molar refractivity (Wildman–Crippen MR) is 88.6 cm³/mol. The molecule has 2 saturated carbocycles. The summed E-state index contributed by atoms with van der Waals surface area (Å²) >= 11 is 0. The number of hydrogen-bond donors (Lipinski definition) is 1. The largest absolute Gasteiger partial charge is 0.361 e. The van der Waals surface area contributed by atoms with E-state index in [9.17, 15) is 0 Å². The highest BCUT2D eigenvalue weighted by Gasteiger charge is 2.50. The van der Waals surface area contributed by atoms with Crippen molar-refractivity contribution in [2.45, 2.75) is 51.1 Å². The van der Waals surface area contributed by atoms with E-state index in [0.717, 1.165) is 17.9 Å². The summed E-state index contributed by atoms with van der Waals surface area (Å²) in [6.07, 6.45) is 6.59. The van der Waals surface area contributed by atoms with Gasteiger partial charge < -0.3 is 9.88 Å². The van der Waals surface area contributed by atoms with Gasteiger partial charge in [0.15, 0.2) is 0 Å². The Morgan fingerprint density at radius 2 is 1.90 bits per heavy atom. The van der Waals surface area contributed by atoms with Crippen LogP contribution in [-0.2, 0) is 0 Å². The van der Waals surface area contributed by atoms with Crippen LogP contribution in [0.4, 0.5) is 0 Å². The third-order valence-corrected chi connectivity index (χ3v) is 6.14. The van der Waals surface area contributed by atoms with Crippen LogP contribution >= 0.6 is 0 Å². The van der Waals surface area contributed by atoms with Crippen molar-refractivity contribution in [1.82, 2.24) is 9.88 Å². The van der Waals surface area contributed by atoms with Gasteiger partial charge in [0.1, 0.15) is 0 Å². The van der Waals surface area contributed by atoms with Crippen LogP contribution in [0.5, 0.6) is 0 Å². The molecular formula is C19H26N2. The molecule has 2 nitrogen and oxygen atoms in total. The van der Waals surface area contributed by atoms with Crippen LogP contribution in [0, 0.1) is 11.8 Å². The van der Waals surface area contributed by atoms with E-state index in [-0.39, 0.29) is 0 Å². The topological polar surface area (TPSA) is 19.0 Å². The fourth-order valence-corrected chi connectivity index (χ4v) is 5.00. The van der Waals surface area contributed by atoms with Crippen molar-refractivity contribution in [2.24, 2.45) is 11.8 Å². The fourth-order valence-electron chi connectivity index (χ4n) is 5.00. The highest BCUT2D eigenvalue weighted by molar-refractivity contribution is 5.83. The number of aromatic nitrogens is 1. The van der Waals surface area contributed by atoms with E-state index in [1.807, 2.05) is 0 Å². The van der Waals surface area contributed by atoms with Gasteiger partial charge in [-0.3, -0.25) is 0 Å². The first-order valence-corrected chi connectivity index (χ1v) is 8.44. The fraction of sp³-hybridized carbons (Fsp3) is 0.579. The Balaban J connectivity index is 1.78. The number of fused-ring (bicyclic) bond motifs is 3. The molecule has 4 atom stereocenters. The van der Waals surface area contributed by atoms with E-state index >= 15 is 0 Å². The van der Waals surface area contributed by atoms with Crippen LogP contribution in [0.3, 0.4) is 0 Å². The van der Waals surface area contributed by atoms with Gasteiger partial charge in [0.05, 0.1) is 0 Å². The summed E-state index contributed by atoms with van der Waals surface area (Å²) in [6, 6.07) is 10.1. The van der Waals surface area contributed by atoms with Crippen molar-refractivity contribution in [1.29, 1.82) is 0 Å². The molecule has 2 heteroatoms. The zero-order chi connectivity index (χ0) is 14.6. The number of nitrogens with zero attached hydrogens (tertiary/aromatic N) is 1. The molecule has 1 heterocycles. The van der Waals surface area contributed by atoms with Crippen LogP contribution in [0.15, 0.2) is 30.5 Å². The maximum atomic E-state index is 3.49. The van der Waals surface area contributed by atoms with E-state index in [2.05, 4.69) is 61.2 Å². The lowest BCUT2D eigenvalue weighted by Crippen LogP contribution is -2.44. The van der Waals surface area contributed by atoms with Gasteiger partial charge in [0, 0.05) is 35.1 Å². The van der Waals surface area contributed by atoms with Crippen molar-refractivity contribution in [2.75, 3.05) is 7.05 Å². The monoisotopic (exact) mass is 282 g/mol. The highest BCUT2D eigenvalue weighted by Crippen LogP contribution is 2.55. The van der Waals surface area contributed by atoms with Crippen molar-refractivity contribution in [3.05, 3.63) is 36.0 Å². The normalized spacial score (nSPS) is 31.9. The molecule has 2 fully saturated rings. The minimum atomic E-state index is 0.627. The summed E-state index contributed by atoms with van der Waals surface area (Å²) in [7, 11) is 2.33. The van der Waals surface area contributed by atoms with E-state index in [1.165, 1.54) is 30.2 Å². The summed E-state index contributed by atoms with van der Waals surface area (Å²) in [6.45, 7) is 4.66. The van der Waals surface area contributed by atoms with E-state index in [4.69, 9.17) is 0 Å². The third-order valence-electron chi connectivity index (χ3n) is 6.14. The SMILES string of the molecule is CC(C)N(C)[C@H]1[C@H]2CC[C@H](C2)[C@@H]1c1c[nH]c2ccccc12. The lowest BCUT2D eigenvalue weighted by atomic mass is 9.78. The molecule has 21 heavy (non-hydrogen) atoms. The average molecular weight is 282 g/mol. The molecule has 1 aromatic heterocycles. The number of rotatable bonds is 3. The van der Waals surface area contributed by atoms with E-state index in [1.54, 1.807) is 5.56 Å². The summed E-state index contributed by atoms with van der Waals surface area (Å²) in [5.74, 6) is 2.51. The molecule has 2 bridgehead atoms. The van der Waals surface area contributed by atoms with Crippen LogP contribution in [0.1, 0.15) is 44.6 Å². The summed E-state index contributed by atoms with van der Waals surface area (Å²) in [5, 5.41) is 1.44. The number of hydrogen-bond acceptors (Lipinski definition) is 1. The first-order valence-electron chi connectivity index (χ1n) is 8.44. The number of benzene rings is 1. The van der Waals surface area contributed by atoms with Crippen molar-refractivity contribution < 1.29 is 0 Å². The molecule has 0 spiro atoms. The van der Waals surface area contributed by atoms with Gasteiger partial charge in [-0.1, -0.05) is 18.2 Å². The number of likely N-dealkylation sites (N-methyl/N-ethyl adjacent to an activating group) is 1. The van der Waals surface area contributed by atoms with Gasteiger partial charge in [0.2, 0.25) is 0 Å². The second kappa shape index (κ2) is 4.88. The number of nitrogens with one attached hydrogen (secondary N) is 1. The molecule has 4 rings (SSSR count). The Labute approximate surface area is 127 Å². The lowest BCUT2D eigenvalue weighted by Gasteiger charge is -2.40. The van der Waals surface area contributed by atoms with Crippen molar-refractivity contribution in [3.8, 4) is 0 Å². The smallest absolute Gasteiger partial charge is 0.0456 e. The van der Waals surface area contributed by atoms with Gasteiger partial charge in [-0.2, -0.15) is 0 Å². The van der Waals surface area contributed by atoms with Crippen LogP contribution in [0.25, 0.3) is 10.9 Å². The zero-order valence-corrected chi connectivity index (χ0v) is 13.3. The highest BCUT2D eigenvalue weighted by atomic mass is 15.2. The van der Waals surface area contributed by atoms with Gasteiger partial charge in [-0.15, -0.1) is 0 Å². The Kier molecular flexibility index (Phi) is 3.11. The van der Waals surface area contributed by atoms with E-state index < -0.39 is 0 Å². The van der Waals surface area contributed by atoms with Gasteiger partial charge in [-0.05, 0) is 63.6 Å². The van der Waals surface area contributed by atoms with Gasteiger partial charge in [-0.25, -0.2) is 0 Å². The maximum Gasteiger partial charge on any atom is 0.0456 e. The molecule has 2 aliphatic rings. The van der Waals surface area contributed by atoms with Crippen LogP contribution < -0.4 is 0 Å². The average Bonchev–Trinajstić information content (AvgIpc) is 3.19. The van der Waals surface area contributed by atoms with Gasteiger partial charge in [0.25, 0.3) is 0 Å². The standard InChI is InChI=1S/C19H26N2/c1-12(2)21(3)19-14-9-8-13(10-14)18(19)16-11-20-17-7-5-4-6-15(16)17/h4-7,11-14,18-20H,8-10H2,1-3H3/t13-,14+,18-,19+/m1/s1. The molecule has 0 amide bonds. The molecule has 1 aromatic carbocycles. The Morgan fingerprint density at radius 1 is 1.14 bits per heavy atom. The Morgan fingerprint density at radius 3 is 2.71 bits per heavy atom. The minimum Gasteiger partial charge on any atom is -0.361 e. The van der Waals surface area contributed by atoms with Crippen molar-refractivity contribution in [3.63, 3.8) is 0 Å². The molecule has 2 aliphatic carbocycles. The first kappa shape index (κ1) is 13.4. The lowest BCUT2D eigenvalue weighted by molar-refractivity contribution is 0.123. The molecule has 112 valence electrons. The van der Waals surface area contributed by atoms with Crippen molar-refractivity contribution >= 4 is 10.9 Å². The number of aromatic amines is 1. The molecular weight excluding hydrogens is 256 g/mol.